The van der Waals surface area contributed by atoms with E-state index in [0.29, 0.717) is 12.8 Å². The molecule has 0 saturated heterocycles. The fourth-order valence-electron chi connectivity index (χ4n) is 6.49. The van der Waals surface area contributed by atoms with Gasteiger partial charge in [-0.05, 0) is 12.8 Å². The maximum absolute atomic E-state index is 10.3. The van der Waals surface area contributed by atoms with Gasteiger partial charge in [0.1, 0.15) is 6.10 Å². The quantitative estimate of drug-likeness (QED) is 0.182. The first kappa shape index (κ1) is 38.8. The highest BCUT2D eigenvalue weighted by Crippen LogP contribution is 2.29. The molecule has 1 aliphatic rings. The molecule has 0 aromatic carbocycles. The normalized spacial score (nSPS) is 27.0. The molecular formula is C36H72O5. The van der Waals surface area contributed by atoms with Gasteiger partial charge in [0.05, 0.1) is 0 Å². The molecule has 1 atom stereocenters. The summed E-state index contributed by atoms with van der Waals surface area (Å²) in [6.07, 6.45) is 37.3. The first-order valence-corrected chi connectivity index (χ1v) is 18.5. The predicted octanol–water partition coefficient (Wildman–Crippen LogP) is 9.60. The minimum absolute atomic E-state index is 0.142. The van der Waals surface area contributed by atoms with Crippen molar-refractivity contribution < 1.29 is 25.5 Å². The molecule has 5 N–H and O–H groups in total. The molecule has 0 amide bonds. The third-order valence-corrected chi connectivity index (χ3v) is 9.56. The Labute approximate surface area is 254 Å². The van der Waals surface area contributed by atoms with Gasteiger partial charge in [0.2, 0.25) is 11.6 Å². The molecule has 1 unspecified atom stereocenters. The zero-order chi connectivity index (χ0) is 29.9. The Morgan fingerprint density at radius 1 is 0.293 bits per heavy atom. The lowest BCUT2D eigenvalue weighted by Gasteiger charge is -2.38. The standard InChI is InChI=1S/C36H72O5/c37-34-32-30-28-26-24-22-20-18-16-14-12-10-8-6-4-2-1-3-5-7-9-11-13-15-17-19-21-23-25-27-29-31-33-35(38,39)36(34,40)41/h34,37-41H,1-33H2. The van der Waals surface area contributed by atoms with E-state index in [4.69, 9.17) is 0 Å². The molecule has 1 aliphatic carbocycles. The monoisotopic (exact) mass is 585 g/mol. The molecule has 0 aromatic rings. The van der Waals surface area contributed by atoms with Gasteiger partial charge in [-0.2, -0.15) is 0 Å². The van der Waals surface area contributed by atoms with E-state index < -0.39 is 17.7 Å². The first-order valence-electron chi connectivity index (χ1n) is 18.5. The van der Waals surface area contributed by atoms with Crippen molar-refractivity contribution in [3.8, 4) is 0 Å². The second-order valence-electron chi connectivity index (χ2n) is 13.6. The molecule has 0 spiro atoms. The van der Waals surface area contributed by atoms with Crippen LogP contribution >= 0.6 is 0 Å². The summed E-state index contributed by atoms with van der Waals surface area (Å²) in [6, 6.07) is 0. The van der Waals surface area contributed by atoms with Crippen molar-refractivity contribution in [1.82, 2.24) is 0 Å². The topological polar surface area (TPSA) is 101 Å². The van der Waals surface area contributed by atoms with Gasteiger partial charge < -0.3 is 25.5 Å². The summed E-state index contributed by atoms with van der Waals surface area (Å²) in [4.78, 5) is 0. The highest BCUT2D eigenvalue weighted by molar-refractivity contribution is 4.88. The Kier molecular flexibility index (Phi) is 24.8. The summed E-state index contributed by atoms with van der Waals surface area (Å²) in [5.41, 5.74) is 0. The maximum Gasteiger partial charge on any atom is 0.245 e. The summed E-state index contributed by atoms with van der Waals surface area (Å²) in [5, 5.41) is 51.7. The van der Waals surface area contributed by atoms with Crippen molar-refractivity contribution in [2.24, 2.45) is 0 Å². The van der Waals surface area contributed by atoms with Crippen LogP contribution < -0.4 is 0 Å². The highest BCUT2D eigenvalue weighted by atomic mass is 16.6. The molecule has 0 radical (unpaired) electrons. The number of hydrogen-bond acceptors (Lipinski definition) is 5. The molecule has 5 nitrogen and oxygen atoms in total. The Morgan fingerprint density at radius 2 is 0.488 bits per heavy atom. The Bertz CT molecular complexity index is 550. The molecule has 0 aromatic heterocycles. The number of rotatable bonds is 0. The smallest absolute Gasteiger partial charge is 0.245 e. The minimum atomic E-state index is -2.90. The SMILES string of the molecule is OC1CCCCCCCCCCCCCCCCCCCCCCCCCCCCCCCCCC(O)(O)C1(O)O. The van der Waals surface area contributed by atoms with Gasteiger partial charge in [-0.3, -0.25) is 0 Å². The van der Waals surface area contributed by atoms with E-state index >= 15 is 0 Å². The minimum Gasteiger partial charge on any atom is -0.387 e. The second-order valence-corrected chi connectivity index (χ2v) is 13.6. The van der Waals surface area contributed by atoms with Crippen LogP contribution in [0.25, 0.3) is 0 Å². The van der Waals surface area contributed by atoms with Crippen LogP contribution in [0.5, 0.6) is 0 Å². The van der Waals surface area contributed by atoms with E-state index in [-0.39, 0.29) is 12.8 Å². The van der Waals surface area contributed by atoms with Crippen molar-refractivity contribution in [1.29, 1.82) is 0 Å². The van der Waals surface area contributed by atoms with E-state index in [1.165, 1.54) is 154 Å². The summed E-state index contributed by atoms with van der Waals surface area (Å²) < 4.78 is 0. The summed E-state index contributed by atoms with van der Waals surface area (Å²) in [5.74, 6) is -5.59. The van der Waals surface area contributed by atoms with E-state index in [0.717, 1.165) is 32.1 Å². The molecule has 1 fully saturated rings. The van der Waals surface area contributed by atoms with E-state index in [2.05, 4.69) is 0 Å². The second kappa shape index (κ2) is 26.2. The van der Waals surface area contributed by atoms with Crippen molar-refractivity contribution in [2.75, 3.05) is 0 Å². The molecule has 1 saturated carbocycles. The van der Waals surface area contributed by atoms with Crippen LogP contribution in [0.1, 0.15) is 212 Å². The highest BCUT2D eigenvalue weighted by Gasteiger charge is 2.51. The van der Waals surface area contributed by atoms with Gasteiger partial charge in [0.15, 0.2) is 0 Å². The summed E-state index contributed by atoms with van der Waals surface area (Å²) >= 11 is 0. The van der Waals surface area contributed by atoms with Crippen molar-refractivity contribution in [3.63, 3.8) is 0 Å². The molecule has 0 bridgehead atoms. The number of aliphatic hydroxyl groups excluding tert-OH is 1. The molecular weight excluding hydrogens is 512 g/mol. The molecule has 246 valence electrons. The first-order chi connectivity index (χ1) is 19.9. The maximum atomic E-state index is 10.3. The van der Waals surface area contributed by atoms with Gasteiger partial charge in [-0.25, -0.2) is 0 Å². The van der Waals surface area contributed by atoms with Crippen LogP contribution in [0.4, 0.5) is 0 Å². The summed E-state index contributed by atoms with van der Waals surface area (Å²) in [7, 11) is 0. The largest absolute Gasteiger partial charge is 0.387 e. The van der Waals surface area contributed by atoms with Gasteiger partial charge in [0.25, 0.3) is 0 Å². The molecule has 0 heterocycles. The van der Waals surface area contributed by atoms with Gasteiger partial charge in [-0.1, -0.05) is 193 Å². The Balaban J connectivity index is 2.27. The lowest BCUT2D eigenvalue weighted by Crippen LogP contribution is -2.61. The molecule has 5 heteroatoms. The lowest BCUT2D eigenvalue weighted by atomic mass is 9.91. The average Bonchev–Trinajstić information content (AvgIpc) is 2.94. The number of hydrogen-bond donors (Lipinski definition) is 5. The fraction of sp³-hybridized carbons (Fsp3) is 1.00. The Hall–Kier alpha value is -0.200. The van der Waals surface area contributed by atoms with Gasteiger partial charge in [-0.15, -0.1) is 0 Å². The van der Waals surface area contributed by atoms with Gasteiger partial charge in [0, 0.05) is 6.42 Å². The summed E-state index contributed by atoms with van der Waals surface area (Å²) in [6.45, 7) is 0. The average molecular weight is 585 g/mol. The van der Waals surface area contributed by atoms with Crippen molar-refractivity contribution in [2.45, 2.75) is 230 Å². The third kappa shape index (κ3) is 21.2. The lowest BCUT2D eigenvalue weighted by molar-refractivity contribution is -0.386. The van der Waals surface area contributed by atoms with Crippen LogP contribution in [-0.2, 0) is 0 Å². The molecule has 41 heavy (non-hydrogen) atoms. The fourth-order valence-corrected chi connectivity index (χ4v) is 6.49. The third-order valence-electron chi connectivity index (χ3n) is 9.56. The van der Waals surface area contributed by atoms with Gasteiger partial charge >= 0.3 is 0 Å². The van der Waals surface area contributed by atoms with Crippen molar-refractivity contribution >= 4 is 0 Å². The molecule has 0 aliphatic heterocycles. The molecule has 1 rings (SSSR count). The van der Waals surface area contributed by atoms with E-state index in [9.17, 15) is 25.5 Å². The van der Waals surface area contributed by atoms with E-state index in [1.807, 2.05) is 0 Å². The van der Waals surface area contributed by atoms with Crippen LogP contribution in [-0.4, -0.2) is 43.2 Å². The van der Waals surface area contributed by atoms with Crippen LogP contribution in [0.2, 0.25) is 0 Å². The van der Waals surface area contributed by atoms with Crippen LogP contribution in [0.3, 0.4) is 0 Å². The van der Waals surface area contributed by atoms with Crippen LogP contribution in [0.15, 0.2) is 0 Å². The zero-order valence-electron chi connectivity index (χ0n) is 27.1. The Morgan fingerprint density at radius 3 is 0.732 bits per heavy atom. The zero-order valence-corrected chi connectivity index (χ0v) is 27.1. The predicted molar refractivity (Wildman–Crippen MR) is 173 cm³/mol. The van der Waals surface area contributed by atoms with Crippen LogP contribution in [0, 0.1) is 0 Å². The van der Waals surface area contributed by atoms with Crippen molar-refractivity contribution in [3.05, 3.63) is 0 Å². The number of aliphatic hydroxyl groups is 5. The van der Waals surface area contributed by atoms with E-state index in [1.54, 1.807) is 0 Å².